The van der Waals surface area contributed by atoms with Gasteiger partial charge in [0.15, 0.2) is 0 Å². The van der Waals surface area contributed by atoms with Crippen LogP contribution in [0.5, 0.6) is 0 Å². The van der Waals surface area contributed by atoms with Gasteiger partial charge in [-0.2, -0.15) is 0 Å². The fourth-order valence-corrected chi connectivity index (χ4v) is 1.65. The van der Waals surface area contributed by atoms with Gasteiger partial charge in [-0.1, -0.05) is 31.3 Å². The molecule has 0 fully saturated rings. The van der Waals surface area contributed by atoms with Gasteiger partial charge in [0.05, 0.1) is 10.6 Å². The van der Waals surface area contributed by atoms with Gasteiger partial charge in [-0.25, -0.2) is 4.39 Å². The van der Waals surface area contributed by atoms with Crippen LogP contribution >= 0.6 is 12.2 Å². The molecule has 0 heterocycles. The van der Waals surface area contributed by atoms with E-state index in [9.17, 15) is 9.18 Å². The SMILES string of the molecule is CCC(CC(N)=S)NC(=O)c1ccccc1F. The quantitative estimate of drug-likeness (QED) is 0.790. The van der Waals surface area contributed by atoms with Crippen LogP contribution in [0.4, 0.5) is 4.39 Å². The molecule has 0 saturated heterocycles. The van der Waals surface area contributed by atoms with E-state index in [1.807, 2.05) is 6.92 Å². The lowest BCUT2D eigenvalue weighted by Crippen LogP contribution is -2.37. The summed E-state index contributed by atoms with van der Waals surface area (Å²) in [6, 6.07) is 5.70. The molecule has 0 aromatic heterocycles. The molecule has 5 heteroatoms. The second kappa shape index (κ2) is 6.30. The summed E-state index contributed by atoms with van der Waals surface area (Å²) < 4.78 is 13.3. The van der Waals surface area contributed by atoms with Crippen molar-refractivity contribution in [1.29, 1.82) is 0 Å². The number of benzene rings is 1. The van der Waals surface area contributed by atoms with Gasteiger partial charge in [0.25, 0.3) is 5.91 Å². The van der Waals surface area contributed by atoms with Crippen molar-refractivity contribution >= 4 is 23.1 Å². The maximum atomic E-state index is 13.3. The molecule has 1 atom stereocenters. The van der Waals surface area contributed by atoms with E-state index in [1.165, 1.54) is 12.1 Å². The van der Waals surface area contributed by atoms with Crippen LogP contribution < -0.4 is 11.1 Å². The third-order valence-electron chi connectivity index (χ3n) is 2.39. The smallest absolute Gasteiger partial charge is 0.254 e. The number of nitrogens with two attached hydrogens (primary N) is 1. The van der Waals surface area contributed by atoms with Crippen molar-refractivity contribution < 1.29 is 9.18 Å². The molecule has 0 saturated carbocycles. The van der Waals surface area contributed by atoms with Crippen molar-refractivity contribution in [2.24, 2.45) is 5.73 Å². The largest absolute Gasteiger partial charge is 0.393 e. The van der Waals surface area contributed by atoms with Crippen LogP contribution in [0.25, 0.3) is 0 Å². The summed E-state index contributed by atoms with van der Waals surface area (Å²) in [6.45, 7) is 1.91. The van der Waals surface area contributed by atoms with Crippen molar-refractivity contribution in [2.45, 2.75) is 25.8 Å². The summed E-state index contributed by atoms with van der Waals surface area (Å²) in [6.07, 6.45) is 1.11. The highest BCUT2D eigenvalue weighted by molar-refractivity contribution is 7.80. The molecule has 1 amide bonds. The number of carbonyl (C=O) groups is 1. The summed E-state index contributed by atoms with van der Waals surface area (Å²) >= 11 is 4.79. The predicted octanol–water partition coefficient (Wildman–Crippen LogP) is 2.01. The molecule has 1 unspecified atom stereocenters. The number of hydrogen-bond acceptors (Lipinski definition) is 2. The van der Waals surface area contributed by atoms with Gasteiger partial charge < -0.3 is 11.1 Å². The fraction of sp³-hybridized carbons (Fsp3) is 0.333. The first kappa shape index (κ1) is 13.6. The third kappa shape index (κ3) is 4.11. The van der Waals surface area contributed by atoms with Gasteiger partial charge in [0.2, 0.25) is 0 Å². The Kier molecular flexibility index (Phi) is 5.03. The summed E-state index contributed by atoms with van der Waals surface area (Å²) in [5.74, 6) is -0.971. The Hall–Kier alpha value is -1.49. The van der Waals surface area contributed by atoms with E-state index in [0.29, 0.717) is 17.8 Å². The van der Waals surface area contributed by atoms with Gasteiger partial charge in [-0.3, -0.25) is 4.79 Å². The Morgan fingerprint density at radius 3 is 2.71 bits per heavy atom. The number of nitrogens with one attached hydrogen (secondary N) is 1. The molecule has 92 valence electrons. The highest BCUT2D eigenvalue weighted by atomic mass is 32.1. The molecule has 1 aromatic carbocycles. The van der Waals surface area contributed by atoms with Crippen molar-refractivity contribution in [3.8, 4) is 0 Å². The lowest BCUT2D eigenvalue weighted by Gasteiger charge is -2.16. The average molecular weight is 254 g/mol. The van der Waals surface area contributed by atoms with Gasteiger partial charge >= 0.3 is 0 Å². The Labute approximate surface area is 105 Å². The molecule has 3 nitrogen and oxygen atoms in total. The number of rotatable bonds is 5. The summed E-state index contributed by atoms with van der Waals surface area (Å²) in [7, 11) is 0. The molecule has 3 N–H and O–H groups in total. The van der Waals surface area contributed by atoms with Crippen LogP contribution in [0.15, 0.2) is 24.3 Å². The van der Waals surface area contributed by atoms with Crippen molar-refractivity contribution in [3.63, 3.8) is 0 Å². The maximum Gasteiger partial charge on any atom is 0.254 e. The minimum atomic E-state index is -0.532. The fourth-order valence-electron chi connectivity index (χ4n) is 1.45. The Bertz CT molecular complexity index is 423. The predicted molar refractivity (Wildman–Crippen MR) is 69.3 cm³/mol. The molecule has 1 aromatic rings. The van der Waals surface area contributed by atoms with E-state index in [4.69, 9.17) is 18.0 Å². The number of carbonyl (C=O) groups excluding carboxylic acids is 1. The van der Waals surface area contributed by atoms with Gasteiger partial charge in [0.1, 0.15) is 5.82 Å². The maximum absolute atomic E-state index is 13.3. The topological polar surface area (TPSA) is 55.1 Å². The first-order valence-electron chi connectivity index (χ1n) is 5.38. The van der Waals surface area contributed by atoms with E-state index in [1.54, 1.807) is 12.1 Å². The molecule has 0 aliphatic rings. The molecule has 17 heavy (non-hydrogen) atoms. The molecule has 0 aliphatic carbocycles. The number of amides is 1. The van der Waals surface area contributed by atoms with E-state index < -0.39 is 11.7 Å². The molecule has 0 bridgehead atoms. The normalized spacial score (nSPS) is 11.9. The van der Waals surface area contributed by atoms with Crippen LogP contribution in [0.2, 0.25) is 0 Å². The van der Waals surface area contributed by atoms with Crippen LogP contribution in [0.1, 0.15) is 30.1 Å². The zero-order valence-electron chi connectivity index (χ0n) is 9.57. The van der Waals surface area contributed by atoms with E-state index in [0.717, 1.165) is 0 Å². The molecule has 0 aliphatic heterocycles. The van der Waals surface area contributed by atoms with Crippen molar-refractivity contribution in [2.75, 3.05) is 0 Å². The summed E-state index contributed by atoms with van der Waals surface area (Å²) in [4.78, 5) is 12.1. The average Bonchev–Trinajstić information content (AvgIpc) is 2.27. The van der Waals surface area contributed by atoms with Crippen LogP contribution in [0.3, 0.4) is 0 Å². The van der Waals surface area contributed by atoms with Crippen LogP contribution in [-0.2, 0) is 0 Å². The Morgan fingerprint density at radius 2 is 2.18 bits per heavy atom. The first-order chi connectivity index (χ1) is 8.04. The van der Waals surface area contributed by atoms with Crippen molar-refractivity contribution in [3.05, 3.63) is 35.6 Å². The van der Waals surface area contributed by atoms with E-state index in [2.05, 4.69) is 5.32 Å². The Balaban J connectivity index is 2.71. The lowest BCUT2D eigenvalue weighted by atomic mass is 10.1. The van der Waals surface area contributed by atoms with Crippen molar-refractivity contribution in [1.82, 2.24) is 5.32 Å². The van der Waals surface area contributed by atoms with Crippen LogP contribution in [0, 0.1) is 5.82 Å². The monoisotopic (exact) mass is 254 g/mol. The zero-order chi connectivity index (χ0) is 12.8. The molecule has 0 radical (unpaired) electrons. The molecular formula is C12H15FN2OS. The number of halogens is 1. The Morgan fingerprint density at radius 1 is 1.53 bits per heavy atom. The van der Waals surface area contributed by atoms with Crippen LogP contribution in [-0.4, -0.2) is 16.9 Å². The lowest BCUT2D eigenvalue weighted by molar-refractivity contribution is 0.0933. The van der Waals surface area contributed by atoms with Gasteiger partial charge in [-0.15, -0.1) is 0 Å². The summed E-state index contributed by atoms with van der Waals surface area (Å²) in [5.41, 5.74) is 5.46. The van der Waals surface area contributed by atoms with E-state index >= 15 is 0 Å². The zero-order valence-corrected chi connectivity index (χ0v) is 10.4. The first-order valence-corrected chi connectivity index (χ1v) is 5.79. The molecule has 0 spiro atoms. The third-order valence-corrected chi connectivity index (χ3v) is 2.56. The van der Waals surface area contributed by atoms with Gasteiger partial charge in [-0.05, 0) is 18.6 Å². The van der Waals surface area contributed by atoms with Gasteiger partial charge in [0, 0.05) is 12.5 Å². The molecule has 1 rings (SSSR count). The second-order valence-electron chi connectivity index (χ2n) is 3.73. The second-order valence-corrected chi connectivity index (χ2v) is 4.25. The highest BCUT2D eigenvalue weighted by Crippen LogP contribution is 2.07. The van der Waals surface area contributed by atoms with E-state index in [-0.39, 0.29) is 11.6 Å². The highest BCUT2D eigenvalue weighted by Gasteiger charge is 2.15. The number of hydrogen-bond donors (Lipinski definition) is 2. The minimum absolute atomic E-state index is 0.0360. The standard InChI is InChI=1S/C12H15FN2OS/c1-2-8(7-11(14)17)15-12(16)9-5-3-4-6-10(9)13/h3-6,8H,2,7H2,1H3,(H2,14,17)(H,15,16). The minimum Gasteiger partial charge on any atom is -0.393 e. The number of thiocarbonyl (C=S) groups is 1. The summed E-state index contributed by atoms with van der Waals surface area (Å²) in [5, 5.41) is 2.71. The molecular weight excluding hydrogens is 239 g/mol.